The number of aliphatic hydroxyl groups is 1. The summed E-state index contributed by atoms with van der Waals surface area (Å²) in [6, 6.07) is 10.5. The molecule has 2 heteroatoms. The van der Waals surface area contributed by atoms with Crippen molar-refractivity contribution in [3.63, 3.8) is 0 Å². The van der Waals surface area contributed by atoms with Gasteiger partial charge in [0.15, 0.2) is 0 Å². The Morgan fingerprint density at radius 1 is 1.20 bits per heavy atom. The van der Waals surface area contributed by atoms with E-state index in [-0.39, 0.29) is 0 Å². The SMILES string of the molecule is CC(O)(CS)CCCCc1ccccc1. The van der Waals surface area contributed by atoms with Gasteiger partial charge in [0.25, 0.3) is 0 Å². The minimum Gasteiger partial charge on any atom is -0.389 e. The molecule has 0 amide bonds. The Balaban J connectivity index is 2.18. The minimum absolute atomic E-state index is 0.540. The van der Waals surface area contributed by atoms with E-state index in [2.05, 4.69) is 36.9 Å². The summed E-state index contributed by atoms with van der Waals surface area (Å²) < 4.78 is 0. The molecule has 0 aliphatic heterocycles. The van der Waals surface area contributed by atoms with Crippen LogP contribution in [0, 0.1) is 0 Å². The standard InChI is InChI=1S/C13H20OS/c1-13(14,11-15)10-6-5-9-12-7-3-2-4-8-12/h2-4,7-8,14-15H,5-6,9-11H2,1H3. The molecular formula is C13H20OS. The van der Waals surface area contributed by atoms with Gasteiger partial charge in [0.1, 0.15) is 0 Å². The third-order valence-electron chi connectivity index (χ3n) is 2.61. The maximum absolute atomic E-state index is 9.74. The van der Waals surface area contributed by atoms with Crippen molar-refractivity contribution in [2.75, 3.05) is 5.75 Å². The monoisotopic (exact) mass is 224 g/mol. The summed E-state index contributed by atoms with van der Waals surface area (Å²) in [6.45, 7) is 1.85. The molecule has 0 heterocycles. The summed E-state index contributed by atoms with van der Waals surface area (Å²) in [5.74, 6) is 0.540. The zero-order valence-corrected chi connectivity index (χ0v) is 10.2. The second-order valence-electron chi connectivity index (χ2n) is 4.35. The fourth-order valence-electron chi connectivity index (χ4n) is 1.56. The van der Waals surface area contributed by atoms with E-state index >= 15 is 0 Å². The van der Waals surface area contributed by atoms with Gasteiger partial charge in [0, 0.05) is 5.75 Å². The number of benzene rings is 1. The molecule has 1 rings (SSSR count). The first-order valence-electron chi connectivity index (χ1n) is 5.51. The molecule has 1 nitrogen and oxygen atoms in total. The first-order valence-corrected chi connectivity index (χ1v) is 6.14. The number of thiol groups is 1. The van der Waals surface area contributed by atoms with Crippen molar-refractivity contribution in [2.45, 2.75) is 38.2 Å². The molecule has 15 heavy (non-hydrogen) atoms. The molecule has 0 aromatic heterocycles. The Labute approximate surface area is 97.9 Å². The third-order valence-corrected chi connectivity index (χ3v) is 3.30. The van der Waals surface area contributed by atoms with Crippen molar-refractivity contribution in [2.24, 2.45) is 0 Å². The van der Waals surface area contributed by atoms with Crippen molar-refractivity contribution in [1.82, 2.24) is 0 Å². The second-order valence-corrected chi connectivity index (χ2v) is 4.66. The number of hydrogen-bond acceptors (Lipinski definition) is 2. The van der Waals surface area contributed by atoms with Gasteiger partial charge < -0.3 is 5.11 Å². The molecule has 0 aliphatic rings. The molecular weight excluding hydrogens is 204 g/mol. The van der Waals surface area contributed by atoms with Crippen LogP contribution in [0.3, 0.4) is 0 Å². The maximum Gasteiger partial charge on any atom is 0.0707 e. The second kappa shape index (κ2) is 6.19. The highest BCUT2D eigenvalue weighted by Gasteiger charge is 2.16. The summed E-state index contributed by atoms with van der Waals surface area (Å²) in [4.78, 5) is 0. The van der Waals surface area contributed by atoms with Gasteiger partial charge in [-0.25, -0.2) is 0 Å². The summed E-state index contributed by atoms with van der Waals surface area (Å²) in [5, 5.41) is 9.74. The van der Waals surface area contributed by atoms with Gasteiger partial charge in [-0.2, -0.15) is 12.6 Å². The van der Waals surface area contributed by atoms with Crippen molar-refractivity contribution < 1.29 is 5.11 Å². The van der Waals surface area contributed by atoms with E-state index in [4.69, 9.17) is 0 Å². The minimum atomic E-state index is -0.597. The van der Waals surface area contributed by atoms with Crippen LogP contribution >= 0.6 is 12.6 Å². The van der Waals surface area contributed by atoms with E-state index < -0.39 is 5.60 Å². The van der Waals surface area contributed by atoms with E-state index in [0.717, 1.165) is 25.7 Å². The molecule has 0 saturated carbocycles. The van der Waals surface area contributed by atoms with Gasteiger partial charge in [-0.15, -0.1) is 0 Å². The molecule has 1 atom stereocenters. The Morgan fingerprint density at radius 2 is 1.87 bits per heavy atom. The van der Waals surface area contributed by atoms with Gasteiger partial charge >= 0.3 is 0 Å². The average Bonchev–Trinajstić information content (AvgIpc) is 2.26. The van der Waals surface area contributed by atoms with Crippen LogP contribution in [0.4, 0.5) is 0 Å². The van der Waals surface area contributed by atoms with Gasteiger partial charge in [-0.3, -0.25) is 0 Å². The van der Waals surface area contributed by atoms with Crippen molar-refractivity contribution in [3.05, 3.63) is 35.9 Å². The fourth-order valence-corrected chi connectivity index (χ4v) is 1.72. The molecule has 0 aliphatic carbocycles. The Morgan fingerprint density at radius 3 is 2.47 bits per heavy atom. The lowest BCUT2D eigenvalue weighted by molar-refractivity contribution is 0.0736. The Kier molecular flexibility index (Phi) is 5.20. The number of hydrogen-bond donors (Lipinski definition) is 2. The predicted molar refractivity (Wildman–Crippen MR) is 68.5 cm³/mol. The van der Waals surface area contributed by atoms with Gasteiger partial charge in [-0.1, -0.05) is 36.8 Å². The van der Waals surface area contributed by atoms with E-state index in [1.54, 1.807) is 0 Å². The van der Waals surface area contributed by atoms with Crippen LogP contribution in [0.2, 0.25) is 0 Å². The molecule has 0 bridgehead atoms. The fraction of sp³-hybridized carbons (Fsp3) is 0.538. The lowest BCUT2D eigenvalue weighted by atomic mass is 9.99. The number of rotatable bonds is 6. The van der Waals surface area contributed by atoms with E-state index in [1.165, 1.54) is 5.56 Å². The normalized spacial score (nSPS) is 14.9. The predicted octanol–water partition coefficient (Wildman–Crippen LogP) is 3.08. The van der Waals surface area contributed by atoms with Crippen LogP contribution in [-0.4, -0.2) is 16.5 Å². The Bertz CT molecular complexity index is 269. The molecule has 1 aromatic carbocycles. The number of unbranched alkanes of at least 4 members (excludes halogenated alkanes) is 1. The smallest absolute Gasteiger partial charge is 0.0707 e. The zero-order valence-electron chi connectivity index (χ0n) is 9.32. The van der Waals surface area contributed by atoms with E-state index in [9.17, 15) is 5.11 Å². The van der Waals surface area contributed by atoms with Crippen LogP contribution in [0.1, 0.15) is 31.7 Å². The van der Waals surface area contributed by atoms with E-state index in [0.29, 0.717) is 5.75 Å². The van der Waals surface area contributed by atoms with Crippen LogP contribution in [0.5, 0.6) is 0 Å². The molecule has 84 valence electrons. The van der Waals surface area contributed by atoms with Crippen LogP contribution in [0.25, 0.3) is 0 Å². The quantitative estimate of drug-likeness (QED) is 0.562. The average molecular weight is 224 g/mol. The summed E-state index contributed by atoms with van der Waals surface area (Å²) in [5.41, 5.74) is 0.780. The maximum atomic E-state index is 9.74. The summed E-state index contributed by atoms with van der Waals surface area (Å²) >= 11 is 4.12. The van der Waals surface area contributed by atoms with Crippen LogP contribution < -0.4 is 0 Å². The largest absolute Gasteiger partial charge is 0.389 e. The number of aryl methyl sites for hydroxylation is 1. The highest BCUT2D eigenvalue weighted by atomic mass is 32.1. The molecule has 1 N–H and O–H groups in total. The zero-order chi connectivity index (χ0) is 11.1. The first kappa shape index (κ1) is 12.6. The highest BCUT2D eigenvalue weighted by Crippen LogP contribution is 2.16. The lowest BCUT2D eigenvalue weighted by Gasteiger charge is -2.20. The first-order chi connectivity index (χ1) is 7.14. The Hall–Kier alpha value is -0.470. The lowest BCUT2D eigenvalue weighted by Crippen LogP contribution is -2.25. The third kappa shape index (κ3) is 5.24. The van der Waals surface area contributed by atoms with Crippen LogP contribution in [0.15, 0.2) is 30.3 Å². The summed E-state index contributed by atoms with van der Waals surface area (Å²) in [7, 11) is 0. The van der Waals surface area contributed by atoms with Gasteiger partial charge in [0.2, 0.25) is 0 Å². The molecule has 1 aromatic rings. The molecule has 0 spiro atoms. The van der Waals surface area contributed by atoms with Crippen molar-refractivity contribution >= 4 is 12.6 Å². The molecule has 1 unspecified atom stereocenters. The van der Waals surface area contributed by atoms with Crippen molar-refractivity contribution in [3.8, 4) is 0 Å². The molecule has 0 saturated heterocycles. The molecule has 0 radical (unpaired) electrons. The van der Waals surface area contributed by atoms with Crippen LogP contribution in [-0.2, 0) is 6.42 Å². The summed E-state index contributed by atoms with van der Waals surface area (Å²) in [6.07, 6.45) is 4.13. The van der Waals surface area contributed by atoms with E-state index in [1.807, 2.05) is 13.0 Å². The van der Waals surface area contributed by atoms with Crippen molar-refractivity contribution in [1.29, 1.82) is 0 Å². The highest BCUT2D eigenvalue weighted by molar-refractivity contribution is 7.80. The topological polar surface area (TPSA) is 20.2 Å². The molecule has 0 fully saturated rings. The van der Waals surface area contributed by atoms with Gasteiger partial charge in [-0.05, 0) is 31.7 Å². The van der Waals surface area contributed by atoms with Gasteiger partial charge in [0.05, 0.1) is 5.60 Å².